The molecule has 1 atom stereocenters. The quantitative estimate of drug-likeness (QED) is 0.713. The number of β-amino-alcohol motifs (C(OH)–C–C–N with tert-alkyl or cyclic N) is 1. The van der Waals surface area contributed by atoms with Gasteiger partial charge in [0.25, 0.3) is 0 Å². The van der Waals surface area contributed by atoms with Crippen LogP contribution in [0.2, 0.25) is 0 Å². The smallest absolute Gasteiger partial charge is 0.223 e. The molecule has 0 saturated carbocycles. The lowest BCUT2D eigenvalue weighted by molar-refractivity contribution is -0.132. The number of Topliss-reactive ketones (excluding diaryl/α,β-unsaturated/α-hetero) is 1. The number of hydrogen-bond donors (Lipinski definition) is 1. The molecule has 0 spiro atoms. The van der Waals surface area contributed by atoms with Crippen molar-refractivity contribution in [2.75, 3.05) is 13.1 Å². The SMILES string of the molecule is CC(=O)CCC(=O)N1CCC(C)(O)C1. The Morgan fingerprint density at radius 2 is 2.07 bits per heavy atom. The number of ketones is 1. The molecule has 1 unspecified atom stereocenters. The lowest BCUT2D eigenvalue weighted by atomic mass is 10.1. The van der Waals surface area contributed by atoms with Crippen molar-refractivity contribution in [2.24, 2.45) is 0 Å². The summed E-state index contributed by atoms with van der Waals surface area (Å²) in [5, 5.41) is 9.63. The number of carbonyl (C=O) groups is 2. The Hall–Kier alpha value is -0.900. The fourth-order valence-electron chi connectivity index (χ4n) is 1.60. The van der Waals surface area contributed by atoms with Crippen LogP contribution in [0.15, 0.2) is 0 Å². The Labute approximate surface area is 83.9 Å². The Balaban J connectivity index is 2.36. The predicted molar refractivity (Wildman–Crippen MR) is 51.7 cm³/mol. The summed E-state index contributed by atoms with van der Waals surface area (Å²) in [5.74, 6) is 0.00211. The standard InChI is InChI=1S/C10H17NO3/c1-8(12)3-4-9(13)11-6-5-10(2,14)7-11/h14H,3-7H2,1-2H3. The van der Waals surface area contributed by atoms with Crippen molar-refractivity contribution in [3.05, 3.63) is 0 Å². The minimum Gasteiger partial charge on any atom is -0.388 e. The summed E-state index contributed by atoms with van der Waals surface area (Å²) in [5.41, 5.74) is -0.744. The van der Waals surface area contributed by atoms with Gasteiger partial charge in [0.2, 0.25) is 5.91 Å². The zero-order valence-corrected chi connectivity index (χ0v) is 8.75. The van der Waals surface area contributed by atoms with Gasteiger partial charge in [-0.05, 0) is 20.3 Å². The number of hydrogen-bond acceptors (Lipinski definition) is 3. The number of aliphatic hydroxyl groups is 1. The molecule has 0 aromatic heterocycles. The molecule has 1 fully saturated rings. The molecule has 0 bridgehead atoms. The average Bonchev–Trinajstić information content (AvgIpc) is 2.41. The van der Waals surface area contributed by atoms with Crippen LogP contribution >= 0.6 is 0 Å². The van der Waals surface area contributed by atoms with Crippen LogP contribution in [0, 0.1) is 0 Å². The predicted octanol–water partition coefficient (Wildman–Crippen LogP) is 0.339. The molecule has 1 aliphatic heterocycles. The maximum Gasteiger partial charge on any atom is 0.223 e. The highest BCUT2D eigenvalue weighted by Crippen LogP contribution is 2.20. The molecule has 1 heterocycles. The van der Waals surface area contributed by atoms with E-state index in [1.165, 1.54) is 6.92 Å². The monoisotopic (exact) mass is 199 g/mol. The van der Waals surface area contributed by atoms with Crippen LogP contribution in [0.1, 0.15) is 33.1 Å². The molecular weight excluding hydrogens is 182 g/mol. The summed E-state index contributed by atoms with van der Waals surface area (Å²) < 4.78 is 0. The Bertz CT molecular complexity index is 248. The summed E-state index contributed by atoms with van der Waals surface area (Å²) in [6.45, 7) is 4.20. The summed E-state index contributed by atoms with van der Waals surface area (Å²) in [6.07, 6.45) is 1.20. The Morgan fingerprint density at radius 3 is 2.50 bits per heavy atom. The van der Waals surface area contributed by atoms with E-state index in [2.05, 4.69) is 0 Å². The molecule has 14 heavy (non-hydrogen) atoms. The van der Waals surface area contributed by atoms with E-state index < -0.39 is 5.60 Å². The summed E-state index contributed by atoms with van der Waals surface area (Å²) in [6, 6.07) is 0. The molecule has 4 nitrogen and oxygen atoms in total. The first-order valence-electron chi connectivity index (χ1n) is 4.90. The van der Waals surface area contributed by atoms with Crippen molar-refractivity contribution >= 4 is 11.7 Å². The van der Waals surface area contributed by atoms with Crippen LogP contribution in [0.4, 0.5) is 0 Å². The Kier molecular flexibility index (Phi) is 3.26. The van der Waals surface area contributed by atoms with Crippen molar-refractivity contribution in [1.82, 2.24) is 4.90 Å². The summed E-state index contributed by atoms with van der Waals surface area (Å²) in [4.78, 5) is 23.8. The van der Waals surface area contributed by atoms with Crippen LogP contribution < -0.4 is 0 Å². The third-order valence-electron chi connectivity index (χ3n) is 2.50. The van der Waals surface area contributed by atoms with Gasteiger partial charge in [-0.3, -0.25) is 4.79 Å². The van der Waals surface area contributed by atoms with Gasteiger partial charge in [-0.15, -0.1) is 0 Å². The van der Waals surface area contributed by atoms with Gasteiger partial charge in [0, 0.05) is 25.9 Å². The number of carbonyl (C=O) groups excluding carboxylic acids is 2. The molecule has 80 valence electrons. The normalized spacial score (nSPS) is 26.6. The van der Waals surface area contributed by atoms with Gasteiger partial charge in [-0.25, -0.2) is 0 Å². The second-order valence-electron chi connectivity index (χ2n) is 4.26. The van der Waals surface area contributed by atoms with Crippen molar-refractivity contribution < 1.29 is 14.7 Å². The van der Waals surface area contributed by atoms with E-state index in [4.69, 9.17) is 0 Å². The molecule has 1 amide bonds. The van der Waals surface area contributed by atoms with Gasteiger partial charge in [-0.2, -0.15) is 0 Å². The zero-order valence-electron chi connectivity index (χ0n) is 8.75. The molecule has 4 heteroatoms. The number of amides is 1. The Morgan fingerprint density at radius 1 is 1.43 bits per heavy atom. The molecular formula is C10H17NO3. The van der Waals surface area contributed by atoms with Gasteiger partial charge in [0.1, 0.15) is 5.78 Å². The van der Waals surface area contributed by atoms with Crippen LogP contribution in [0.3, 0.4) is 0 Å². The van der Waals surface area contributed by atoms with E-state index in [1.807, 2.05) is 0 Å². The van der Waals surface area contributed by atoms with Gasteiger partial charge < -0.3 is 14.8 Å². The van der Waals surface area contributed by atoms with Crippen LogP contribution in [0.25, 0.3) is 0 Å². The van der Waals surface area contributed by atoms with E-state index in [0.29, 0.717) is 25.9 Å². The van der Waals surface area contributed by atoms with Crippen LogP contribution in [-0.2, 0) is 9.59 Å². The molecule has 1 aliphatic rings. The van der Waals surface area contributed by atoms with Crippen molar-refractivity contribution in [1.29, 1.82) is 0 Å². The third-order valence-corrected chi connectivity index (χ3v) is 2.50. The maximum atomic E-state index is 11.5. The molecule has 0 aliphatic carbocycles. The van der Waals surface area contributed by atoms with Gasteiger partial charge in [-0.1, -0.05) is 0 Å². The zero-order chi connectivity index (χ0) is 10.8. The highest BCUT2D eigenvalue weighted by molar-refractivity contribution is 5.83. The number of rotatable bonds is 3. The highest BCUT2D eigenvalue weighted by atomic mass is 16.3. The maximum absolute atomic E-state index is 11.5. The summed E-state index contributed by atoms with van der Waals surface area (Å²) >= 11 is 0. The fourth-order valence-corrected chi connectivity index (χ4v) is 1.60. The third kappa shape index (κ3) is 3.10. The minimum atomic E-state index is -0.744. The summed E-state index contributed by atoms with van der Waals surface area (Å²) in [7, 11) is 0. The fraction of sp³-hybridized carbons (Fsp3) is 0.800. The molecule has 1 rings (SSSR count). The van der Waals surface area contributed by atoms with Gasteiger partial charge >= 0.3 is 0 Å². The minimum absolute atomic E-state index is 0.0297. The number of nitrogens with zero attached hydrogens (tertiary/aromatic N) is 1. The van der Waals surface area contributed by atoms with Crippen LogP contribution in [0.5, 0.6) is 0 Å². The topological polar surface area (TPSA) is 57.6 Å². The van der Waals surface area contributed by atoms with Crippen LogP contribution in [-0.4, -0.2) is 40.4 Å². The first-order valence-corrected chi connectivity index (χ1v) is 4.90. The van der Waals surface area contributed by atoms with Gasteiger partial charge in [0.05, 0.1) is 5.60 Å². The average molecular weight is 199 g/mol. The van der Waals surface area contributed by atoms with E-state index >= 15 is 0 Å². The molecule has 0 radical (unpaired) electrons. The van der Waals surface area contributed by atoms with Crippen molar-refractivity contribution in [2.45, 2.75) is 38.7 Å². The molecule has 1 N–H and O–H groups in total. The highest BCUT2D eigenvalue weighted by Gasteiger charge is 2.33. The first-order chi connectivity index (χ1) is 6.41. The van der Waals surface area contributed by atoms with Crippen molar-refractivity contribution in [3.8, 4) is 0 Å². The lowest BCUT2D eigenvalue weighted by Gasteiger charge is -2.18. The first kappa shape index (κ1) is 11.2. The van der Waals surface area contributed by atoms with E-state index in [9.17, 15) is 14.7 Å². The molecule has 0 aromatic carbocycles. The molecule has 1 saturated heterocycles. The largest absolute Gasteiger partial charge is 0.388 e. The van der Waals surface area contributed by atoms with E-state index in [1.54, 1.807) is 11.8 Å². The van der Waals surface area contributed by atoms with Crippen molar-refractivity contribution in [3.63, 3.8) is 0 Å². The van der Waals surface area contributed by atoms with Gasteiger partial charge in [0.15, 0.2) is 0 Å². The molecule has 0 aromatic rings. The van der Waals surface area contributed by atoms with E-state index in [-0.39, 0.29) is 18.1 Å². The second-order valence-corrected chi connectivity index (χ2v) is 4.26. The number of likely N-dealkylation sites (tertiary alicyclic amines) is 1. The lowest BCUT2D eigenvalue weighted by Crippen LogP contribution is -2.33. The van der Waals surface area contributed by atoms with E-state index in [0.717, 1.165) is 0 Å². The second kappa shape index (κ2) is 4.09.